The second kappa shape index (κ2) is 16.3. The molecule has 5 rings (SSSR count). The number of likely N-dealkylation sites (N-methyl/N-ethyl adjacent to an activating group) is 1. The van der Waals surface area contributed by atoms with Crippen molar-refractivity contribution < 1.29 is 37.3 Å². The molecular weight excluding hydrogens is 638 g/mol. The van der Waals surface area contributed by atoms with E-state index in [4.69, 9.17) is 23.7 Å². The molecular formula is C35H40F2N6O6. The molecule has 0 saturated carbocycles. The molecule has 12 nitrogen and oxygen atoms in total. The van der Waals surface area contributed by atoms with E-state index in [0.717, 1.165) is 37.6 Å². The number of alkyl halides is 2. The molecule has 1 aliphatic rings. The van der Waals surface area contributed by atoms with Gasteiger partial charge in [0.1, 0.15) is 23.9 Å². The summed E-state index contributed by atoms with van der Waals surface area (Å²) in [6, 6.07) is 16.2. The van der Waals surface area contributed by atoms with E-state index in [0.29, 0.717) is 46.4 Å². The number of piperazine rings is 1. The Balaban J connectivity index is 1.45. The van der Waals surface area contributed by atoms with Crippen LogP contribution >= 0.6 is 0 Å². The number of methoxy groups -OCH3 is 2. The maximum Gasteiger partial charge on any atom is 0.425 e. The number of aromatic nitrogens is 2. The summed E-state index contributed by atoms with van der Waals surface area (Å²) >= 11 is 0. The molecule has 0 atom stereocenters. The average Bonchev–Trinajstić information content (AvgIpc) is 3.08. The van der Waals surface area contributed by atoms with E-state index >= 15 is 0 Å². The van der Waals surface area contributed by atoms with Crippen LogP contribution in [0.3, 0.4) is 0 Å². The summed E-state index contributed by atoms with van der Waals surface area (Å²) in [4.78, 5) is 28.5. The highest BCUT2D eigenvalue weighted by molar-refractivity contribution is 5.98. The maximum atomic E-state index is 13.9. The van der Waals surface area contributed by atoms with E-state index in [1.807, 2.05) is 6.07 Å². The van der Waals surface area contributed by atoms with Gasteiger partial charge in [0, 0.05) is 62.8 Å². The Morgan fingerprint density at radius 1 is 0.918 bits per heavy atom. The van der Waals surface area contributed by atoms with Crippen molar-refractivity contribution in [3.05, 3.63) is 78.0 Å². The Morgan fingerprint density at radius 3 is 2.33 bits per heavy atom. The van der Waals surface area contributed by atoms with Crippen molar-refractivity contribution in [2.24, 2.45) is 0 Å². The lowest BCUT2D eigenvalue weighted by Crippen LogP contribution is -2.45. The summed E-state index contributed by atoms with van der Waals surface area (Å²) < 4.78 is 54.8. The molecule has 2 heterocycles. The van der Waals surface area contributed by atoms with Gasteiger partial charge in [-0.2, -0.15) is 13.8 Å². The van der Waals surface area contributed by atoms with Gasteiger partial charge in [0.15, 0.2) is 11.5 Å². The van der Waals surface area contributed by atoms with Gasteiger partial charge in [-0.3, -0.25) is 4.90 Å². The molecule has 1 N–H and O–H groups in total. The molecule has 1 aliphatic heterocycles. The molecule has 3 aromatic carbocycles. The highest BCUT2D eigenvalue weighted by Crippen LogP contribution is 2.41. The third-order valence-electron chi connectivity index (χ3n) is 7.93. The molecule has 0 unspecified atom stereocenters. The normalized spacial score (nSPS) is 13.6. The van der Waals surface area contributed by atoms with E-state index in [2.05, 4.69) is 32.1 Å². The summed E-state index contributed by atoms with van der Waals surface area (Å²) in [5, 5.41) is 3.13. The van der Waals surface area contributed by atoms with Crippen molar-refractivity contribution in [1.29, 1.82) is 0 Å². The number of carbonyl (C=O) groups is 1. The number of para-hydroxylation sites is 3. The summed E-state index contributed by atoms with van der Waals surface area (Å²) in [6.07, 6.45) is 0.531. The number of rotatable bonds is 13. The smallest absolute Gasteiger partial charge is 0.425 e. The predicted molar refractivity (Wildman–Crippen MR) is 181 cm³/mol. The molecule has 4 aromatic rings. The minimum absolute atomic E-state index is 0.00848. The first-order chi connectivity index (χ1) is 23.7. The van der Waals surface area contributed by atoms with E-state index in [9.17, 15) is 13.6 Å². The predicted octanol–water partition coefficient (Wildman–Crippen LogP) is 6.42. The van der Waals surface area contributed by atoms with E-state index in [1.165, 1.54) is 44.7 Å². The van der Waals surface area contributed by atoms with Crippen LogP contribution in [0.25, 0.3) is 0 Å². The van der Waals surface area contributed by atoms with Crippen LogP contribution in [0.5, 0.6) is 28.7 Å². The van der Waals surface area contributed by atoms with Gasteiger partial charge >= 0.3 is 12.7 Å². The number of amides is 1. The van der Waals surface area contributed by atoms with Gasteiger partial charge in [-0.25, -0.2) is 14.7 Å². The number of carbonyl (C=O) groups excluding carboxylic acids is 1. The van der Waals surface area contributed by atoms with Crippen LogP contribution in [0.1, 0.15) is 11.1 Å². The topological polar surface area (TPSA) is 111 Å². The van der Waals surface area contributed by atoms with Crippen LogP contribution in [0.4, 0.5) is 36.7 Å². The zero-order valence-corrected chi connectivity index (χ0v) is 28.1. The van der Waals surface area contributed by atoms with Crippen LogP contribution in [-0.4, -0.2) is 93.1 Å². The summed E-state index contributed by atoms with van der Waals surface area (Å²) in [6.45, 7) is 5.56. The molecule has 1 aromatic heterocycles. The first-order valence-electron chi connectivity index (χ1n) is 15.7. The van der Waals surface area contributed by atoms with Crippen molar-refractivity contribution in [1.82, 2.24) is 19.8 Å². The van der Waals surface area contributed by atoms with E-state index < -0.39 is 12.7 Å². The largest absolute Gasteiger partial charge is 0.493 e. The lowest BCUT2D eigenvalue weighted by Gasteiger charge is -2.32. The number of ether oxygens (including phenoxy) is 5. The van der Waals surface area contributed by atoms with E-state index in [-0.39, 0.29) is 23.2 Å². The molecule has 49 heavy (non-hydrogen) atoms. The molecule has 1 fully saturated rings. The minimum Gasteiger partial charge on any atom is -0.493 e. The Labute approximate surface area is 284 Å². The van der Waals surface area contributed by atoms with Gasteiger partial charge in [-0.05, 0) is 44.2 Å². The fraction of sp³-hybridized carbons (Fsp3) is 0.343. The third-order valence-corrected chi connectivity index (χ3v) is 7.93. The molecule has 0 radical (unpaired) electrons. The number of hydrogen-bond acceptors (Lipinski definition) is 11. The Hall–Kier alpha value is -5.21. The van der Waals surface area contributed by atoms with Crippen LogP contribution in [0.15, 0.2) is 66.9 Å². The highest BCUT2D eigenvalue weighted by Gasteiger charge is 2.27. The number of anilines is 4. The zero-order chi connectivity index (χ0) is 34.9. The zero-order valence-electron chi connectivity index (χ0n) is 28.1. The Kier molecular flexibility index (Phi) is 11.7. The van der Waals surface area contributed by atoms with Crippen LogP contribution in [-0.2, 0) is 0 Å². The molecule has 260 valence electrons. The quantitative estimate of drug-likeness (QED) is 0.169. The van der Waals surface area contributed by atoms with Gasteiger partial charge < -0.3 is 33.9 Å². The van der Waals surface area contributed by atoms with Crippen molar-refractivity contribution in [3.63, 3.8) is 0 Å². The maximum absolute atomic E-state index is 13.9. The van der Waals surface area contributed by atoms with Crippen molar-refractivity contribution >= 4 is 29.2 Å². The number of nitrogens with one attached hydrogen (secondary N) is 1. The summed E-state index contributed by atoms with van der Waals surface area (Å²) in [7, 11) is 5.16. The average molecular weight is 679 g/mol. The van der Waals surface area contributed by atoms with Gasteiger partial charge in [0.05, 0.1) is 19.9 Å². The number of nitrogens with zero attached hydrogens (tertiary/aromatic N) is 5. The number of halogens is 2. The first-order valence-corrected chi connectivity index (χ1v) is 15.7. The highest BCUT2D eigenvalue weighted by atomic mass is 19.3. The Bertz CT molecular complexity index is 1720. The minimum atomic E-state index is -3.14. The van der Waals surface area contributed by atoms with Crippen molar-refractivity contribution in [2.45, 2.75) is 20.5 Å². The lowest BCUT2D eigenvalue weighted by atomic mass is 10.1. The monoisotopic (exact) mass is 678 g/mol. The van der Waals surface area contributed by atoms with Crippen molar-refractivity contribution in [2.75, 3.05) is 70.8 Å². The van der Waals surface area contributed by atoms with Crippen molar-refractivity contribution in [3.8, 4) is 28.7 Å². The number of aryl methyl sites for hydroxylation is 2. The summed E-state index contributed by atoms with van der Waals surface area (Å²) in [5.74, 6) is 1.50. The molecule has 0 bridgehead atoms. The van der Waals surface area contributed by atoms with E-state index in [1.54, 1.807) is 44.2 Å². The molecule has 0 spiro atoms. The summed E-state index contributed by atoms with van der Waals surface area (Å²) in [5.41, 5.74) is 1.93. The fourth-order valence-corrected chi connectivity index (χ4v) is 5.37. The molecule has 0 aliphatic carbocycles. The number of benzene rings is 3. The standard InChI is InChI=1S/C35H40F2N6O6/c1-23-9-8-10-24(2)31(23)49-35(44)43(26-11-6-7-12-27(26)48-33(36)37)30-13-14-38-34(40-30)39-25-21-28(45-4)32(46-5)29(22-25)47-20-19-42-17-15-41(3)16-18-42/h6-14,21-22,33H,15-20H2,1-5H3,(H,38,39,40). The molecule has 14 heteroatoms. The SMILES string of the molecule is COc1cc(Nc2nccc(N(C(=O)Oc3c(C)cccc3C)c3ccccc3OC(F)F)n2)cc(OCCN2CCN(C)CC2)c1OC. The second-order valence-electron chi connectivity index (χ2n) is 11.3. The molecule has 1 saturated heterocycles. The third kappa shape index (κ3) is 8.83. The van der Waals surface area contributed by atoms with Crippen LogP contribution in [0.2, 0.25) is 0 Å². The number of hydrogen-bond donors (Lipinski definition) is 1. The Morgan fingerprint density at radius 2 is 1.63 bits per heavy atom. The van der Waals surface area contributed by atoms with Gasteiger partial charge in [0.2, 0.25) is 11.7 Å². The van der Waals surface area contributed by atoms with Gasteiger partial charge in [0.25, 0.3) is 0 Å². The van der Waals surface area contributed by atoms with Gasteiger partial charge in [-0.1, -0.05) is 30.3 Å². The molecule has 1 amide bonds. The van der Waals surface area contributed by atoms with Crippen LogP contribution < -0.4 is 33.9 Å². The lowest BCUT2D eigenvalue weighted by molar-refractivity contribution is -0.0494. The first kappa shape index (κ1) is 35.1. The fourth-order valence-electron chi connectivity index (χ4n) is 5.37. The second-order valence-corrected chi connectivity index (χ2v) is 11.3. The van der Waals surface area contributed by atoms with Crippen LogP contribution in [0, 0.1) is 13.8 Å². The van der Waals surface area contributed by atoms with Gasteiger partial charge in [-0.15, -0.1) is 0 Å².